The number of carboxylic acid groups (broad SMARTS) is 1. The van der Waals surface area contributed by atoms with Crippen LogP contribution in [0.5, 0.6) is 0 Å². The van der Waals surface area contributed by atoms with Crippen LogP contribution in [0.3, 0.4) is 0 Å². The molecule has 0 aliphatic heterocycles. The first-order valence-electron chi connectivity index (χ1n) is 4.06. The number of rotatable bonds is 3. The average molecular weight is 193 g/mol. The number of aromatic carboxylic acids is 1. The Kier molecular flexibility index (Phi) is 3.17. The van der Waals surface area contributed by atoms with Gasteiger partial charge in [-0.3, -0.25) is 5.43 Å². The first kappa shape index (κ1) is 10.2. The van der Waals surface area contributed by atoms with Crippen LogP contribution in [0.15, 0.2) is 23.4 Å². The molecule has 0 saturated carbocycles. The van der Waals surface area contributed by atoms with Crippen LogP contribution in [0.4, 0.5) is 5.82 Å². The summed E-state index contributed by atoms with van der Waals surface area (Å²) in [6.07, 6.45) is 1.28. The van der Waals surface area contributed by atoms with Crippen molar-refractivity contribution in [2.45, 2.75) is 13.8 Å². The highest BCUT2D eigenvalue weighted by atomic mass is 16.4. The number of pyridine rings is 1. The molecule has 0 radical (unpaired) electrons. The van der Waals surface area contributed by atoms with Crippen LogP contribution in [-0.4, -0.2) is 21.8 Å². The summed E-state index contributed by atoms with van der Waals surface area (Å²) in [4.78, 5) is 14.4. The quantitative estimate of drug-likeness (QED) is 0.564. The maximum atomic E-state index is 10.5. The second kappa shape index (κ2) is 4.36. The standard InChI is InChI=1S/C9H11N3O2/c1-6(2)11-12-8-4-3-7(5-10-8)9(13)14/h3-5H,1-2H3,(H,10,12)(H,13,14). The number of hydrazone groups is 1. The van der Waals surface area contributed by atoms with Gasteiger partial charge in [0.15, 0.2) is 0 Å². The van der Waals surface area contributed by atoms with Gasteiger partial charge in [-0.1, -0.05) is 0 Å². The second-order valence-corrected chi connectivity index (χ2v) is 2.91. The predicted octanol–water partition coefficient (Wildman–Crippen LogP) is 1.59. The van der Waals surface area contributed by atoms with Gasteiger partial charge >= 0.3 is 5.97 Å². The van der Waals surface area contributed by atoms with Crippen LogP contribution >= 0.6 is 0 Å². The van der Waals surface area contributed by atoms with E-state index in [1.165, 1.54) is 12.3 Å². The summed E-state index contributed by atoms with van der Waals surface area (Å²) in [5.74, 6) is -0.463. The normalized spacial score (nSPS) is 9.29. The zero-order chi connectivity index (χ0) is 10.6. The average Bonchev–Trinajstić information content (AvgIpc) is 2.15. The van der Waals surface area contributed by atoms with Crippen molar-refractivity contribution in [3.8, 4) is 0 Å². The van der Waals surface area contributed by atoms with Crippen LogP contribution in [-0.2, 0) is 0 Å². The fourth-order valence-corrected chi connectivity index (χ4v) is 0.756. The van der Waals surface area contributed by atoms with Crippen LogP contribution in [0, 0.1) is 0 Å². The number of nitrogens with zero attached hydrogens (tertiary/aromatic N) is 2. The SMILES string of the molecule is CC(C)=NNc1ccc(C(=O)O)cn1. The molecular formula is C9H11N3O2. The minimum absolute atomic E-state index is 0.160. The Morgan fingerprint density at radius 2 is 2.21 bits per heavy atom. The molecule has 0 saturated heterocycles. The molecule has 0 aromatic carbocycles. The van der Waals surface area contributed by atoms with E-state index < -0.39 is 5.97 Å². The van der Waals surface area contributed by atoms with E-state index >= 15 is 0 Å². The lowest BCUT2D eigenvalue weighted by Crippen LogP contribution is -1.99. The maximum absolute atomic E-state index is 10.5. The highest BCUT2D eigenvalue weighted by Gasteiger charge is 2.01. The number of anilines is 1. The van der Waals surface area contributed by atoms with Crippen LogP contribution in [0.25, 0.3) is 0 Å². The van der Waals surface area contributed by atoms with E-state index in [9.17, 15) is 4.79 Å². The molecule has 1 aromatic rings. The van der Waals surface area contributed by atoms with E-state index in [2.05, 4.69) is 15.5 Å². The van der Waals surface area contributed by atoms with Gasteiger partial charge in [0.1, 0.15) is 5.82 Å². The summed E-state index contributed by atoms with van der Waals surface area (Å²) in [6.45, 7) is 3.69. The van der Waals surface area contributed by atoms with Gasteiger partial charge in [0.25, 0.3) is 0 Å². The number of carbonyl (C=O) groups is 1. The Morgan fingerprint density at radius 1 is 1.50 bits per heavy atom. The van der Waals surface area contributed by atoms with Crippen molar-refractivity contribution in [2.24, 2.45) is 5.10 Å². The Bertz CT molecular complexity index is 353. The molecular weight excluding hydrogens is 182 g/mol. The van der Waals surface area contributed by atoms with Gasteiger partial charge in [-0.05, 0) is 26.0 Å². The molecule has 0 fully saturated rings. The van der Waals surface area contributed by atoms with E-state index in [0.29, 0.717) is 5.82 Å². The lowest BCUT2D eigenvalue weighted by molar-refractivity contribution is 0.0696. The van der Waals surface area contributed by atoms with E-state index in [4.69, 9.17) is 5.11 Å². The minimum Gasteiger partial charge on any atom is -0.478 e. The molecule has 5 nitrogen and oxygen atoms in total. The van der Waals surface area contributed by atoms with E-state index in [0.717, 1.165) is 5.71 Å². The molecule has 1 rings (SSSR count). The van der Waals surface area contributed by atoms with Gasteiger partial charge in [0, 0.05) is 11.9 Å². The fourth-order valence-electron chi connectivity index (χ4n) is 0.756. The molecule has 74 valence electrons. The monoisotopic (exact) mass is 193 g/mol. The highest BCUT2D eigenvalue weighted by molar-refractivity contribution is 5.87. The molecule has 14 heavy (non-hydrogen) atoms. The topological polar surface area (TPSA) is 74.6 Å². The molecule has 0 aliphatic carbocycles. The summed E-state index contributed by atoms with van der Waals surface area (Å²) < 4.78 is 0. The highest BCUT2D eigenvalue weighted by Crippen LogP contribution is 2.04. The largest absolute Gasteiger partial charge is 0.478 e. The lowest BCUT2D eigenvalue weighted by Gasteiger charge is -1.99. The van der Waals surface area contributed by atoms with Crippen molar-refractivity contribution in [3.05, 3.63) is 23.9 Å². The Morgan fingerprint density at radius 3 is 2.64 bits per heavy atom. The van der Waals surface area contributed by atoms with Crippen molar-refractivity contribution in [1.29, 1.82) is 0 Å². The molecule has 0 atom stereocenters. The minimum atomic E-state index is -0.987. The molecule has 0 unspecified atom stereocenters. The van der Waals surface area contributed by atoms with Crippen LogP contribution < -0.4 is 5.43 Å². The van der Waals surface area contributed by atoms with E-state index in [1.54, 1.807) is 6.07 Å². The number of aromatic nitrogens is 1. The molecule has 0 amide bonds. The summed E-state index contributed by atoms with van der Waals surface area (Å²) in [5, 5.41) is 12.5. The first-order chi connectivity index (χ1) is 6.59. The summed E-state index contributed by atoms with van der Waals surface area (Å²) in [6, 6.07) is 3.04. The zero-order valence-corrected chi connectivity index (χ0v) is 7.98. The van der Waals surface area contributed by atoms with Gasteiger partial charge in [0.2, 0.25) is 0 Å². The molecule has 2 N–H and O–H groups in total. The summed E-state index contributed by atoms with van der Waals surface area (Å²) in [7, 11) is 0. The van der Waals surface area contributed by atoms with Crippen molar-refractivity contribution >= 4 is 17.5 Å². The lowest BCUT2D eigenvalue weighted by atomic mass is 10.3. The molecule has 1 heterocycles. The third-order valence-electron chi connectivity index (χ3n) is 1.40. The van der Waals surface area contributed by atoms with Crippen molar-refractivity contribution < 1.29 is 9.90 Å². The van der Waals surface area contributed by atoms with Gasteiger partial charge < -0.3 is 5.11 Å². The van der Waals surface area contributed by atoms with Gasteiger partial charge in [-0.15, -0.1) is 0 Å². The number of hydrogen-bond acceptors (Lipinski definition) is 4. The van der Waals surface area contributed by atoms with Gasteiger partial charge in [0.05, 0.1) is 5.56 Å². The summed E-state index contributed by atoms with van der Waals surface area (Å²) >= 11 is 0. The third-order valence-corrected chi connectivity index (χ3v) is 1.40. The molecule has 5 heteroatoms. The van der Waals surface area contributed by atoms with Gasteiger partial charge in [-0.25, -0.2) is 9.78 Å². The molecule has 0 aliphatic rings. The second-order valence-electron chi connectivity index (χ2n) is 2.91. The van der Waals surface area contributed by atoms with Crippen LogP contribution in [0.2, 0.25) is 0 Å². The van der Waals surface area contributed by atoms with Crippen molar-refractivity contribution in [2.75, 3.05) is 5.43 Å². The van der Waals surface area contributed by atoms with Crippen molar-refractivity contribution in [3.63, 3.8) is 0 Å². The zero-order valence-electron chi connectivity index (χ0n) is 7.98. The number of carboxylic acids is 1. The fraction of sp³-hybridized carbons (Fsp3) is 0.222. The smallest absolute Gasteiger partial charge is 0.337 e. The molecule has 0 spiro atoms. The van der Waals surface area contributed by atoms with E-state index in [-0.39, 0.29) is 5.56 Å². The van der Waals surface area contributed by atoms with Gasteiger partial charge in [-0.2, -0.15) is 5.10 Å². The Balaban J connectivity index is 2.74. The van der Waals surface area contributed by atoms with Crippen LogP contribution in [0.1, 0.15) is 24.2 Å². The van der Waals surface area contributed by atoms with E-state index in [1.807, 2.05) is 13.8 Å². The maximum Gasteiger partial charge on any atom is 0.337 e. The Hall–Kier alpha value is -1.91. The number of hydrogen-bond donors (Lipinski definition) is 2. The summed E-state index contributed by atoms with van der Waals surface area (Å²) in [5.41, 5.74) is 3.72. The molecule has 0 bridgehead atoms. The predicted molar refractivity (Wildman–Crippen MR) is 53.6 cm³/mol. The van der Waals surface area contributed by atoms with Crippen molar-refractivity contribution in [1.82, 2.24) is 4.98 Å². The number of nitrogens with one attached hydrogen (secondary N) is 1. The Labute approximate surface area is 81.5 Å². The first-order valence-corrected chi connectivity index (χ1v) is 4.06. The third kappa shape index (κ3) is 2.85. The molecule has 1 aromatic heterocycles.